The van der Waals surface area contributed by atoms with Crippen LogP contribution in [0.3, 0.4) is 0 Å². The fourth-order valence-electron chi connectivity index (χ4n) is 1.47. The van der Waals surface area contributed by atoms with Crippen molar-refractivity contribution in [3.05, 3.63) is 53.7 Å². The number of aldehydes is 1. The average Bonchev–Trinajstić information content (AvgIpc) is 2.46. The Bertz CT molecular complexity index is 523. The van der Waals surface area contributed by atoms with E-state index in [0.29, 0.717) is 18.1 Å². The van der Waals surface area contributed by atoms with E-state index in [0.717, 1.165) is 17.6 Å². The summed E-state index contributed by atoms with van der Waals surface area (Å²) in [6.45, 7) is 0.407. The summed E-state index contributed by atoms with van der Waals surface area (Å²) in [6.07, 6.45) is 2.23. The maximum absolute atomic E-state index is 10.5. The number of pyridine rings is 1. The molecule has 0 bridgehead atoms. The van der Waals surface area contributed by atoms with Gasteiger partial charge in [-0.3, -0.25) is 4.79 Å². The zero-order valence-electron chi connectivity index (χ0n) is 10.00. The summed E-state index contributed by atoms with van der Waals surface area (Å²) in [6, 6.07) is 11.0. The third-order valence-corrected chi connectivity index (χ3v) is 2.42. The molecule has 2 aromatic rings. The van der Waals surface area contributed by atoms with E-state index in [1.807, 2.05) is 24.3 Å². The van der Waals surface area contributed by atoms with E-state index in [1.54, 1.807) is 19.2 Å². The normalized spacial score (nSPS) is 9.83. The maximum Gasteiger partial charge on any atom is 0.213 e. The van der Waals surface area contributed by atoms with Crippen LogP contribution in [-0.2, 0) is 6.61 Å². The van der Waals surface area contributed by atoms with Crippen molar-refractivity contribution in [2.24, 2.45) is 0 Å². The van der Waals surface area contributed by atoms with Gasteiger partial charge in [0.25, 0.3) is 0 Å². The molecule has 92 valence electrons. The highest BCUT2D eigenvalue weighted by atomic mass is 16.5. The molecule has 1 heterocycles. The highest BCUT2D eigenvalue weighted by Crippen LogP contribution is 2.15. The first-order chi connectivity index (χ1) is 8.81. The molecule has 4 heteroatoms. The first-order valence-corrected chi connectivity index (χ1v) is 5.49. The van der Waals surface area contributed by atoms with Gasteiger partial charge >= 0.3 is 0 Å². The van der Waals surface area contributed by atoms with Crippen LogP contribution in [0.4, 0.5) is 0 Å². The molecule has 0 radical (unpaired) electrons. The quantitative estimate of drug-likeness (QED) is 0.757. The first kappa shape index (κ1) is 12.1. The van der Waals surface area contributed by atoms with Gasteiger partial charge in [-0.2, -0.15) is 0 Å². The Kier molecular flexibility index (Phi) is 3.91. The highest BCUT2D eigenvalue weighted by molar-refractivity contribution is 5.73. The molecule has 0 unspecified atom stereocenters. The summed E-state index contributed by atoms with van der Waals surface area (Å²) in [7, 11) is 1.62. The van der Waals surface area contributed by atoms with Crippen molar-refractivity contribution < 1.29 is 14.3 Å². The number of benzene rings is 1. The Balaban J connectivity index is 1.99. The second kappa shape index (κ2) is 5.82. The molecular formula is C14H13NO3. The summed E-state index contributed by atoms with van der Waals surface area (Å²) in [5.41, 5.74) is 1.53. The maximum atomic E-state index is 10.5. The molecular weight excluding hydrogens is 230 g/mol. The van der Waals surface area contributed by atoms with Gasteiger partial charge in [0.2, 0.25) is 5.88 Å². The van der Waals surface area contributed by atoms with Crippen LogP contribution in [0.2, 0.25) is 0 Å². The van der Waals surface area contributed by atoms with Gasteiger partial charge in [0.1, 0.15) is 12.4 Å². The van der Waals surface area contributed by atoms with Crippen molar-refractivity contribution in [2.75, 3.05) is 7.11 Å². The number of hydrogen-bond acceptors (Lipinski definition) is 4. The van der Waals surface area contributed by atoms with E-state index in [1.165, 1.54) is 6.20 Å². The molecule has 0 aliphatic rings. The summed E-state index contributed by atoms with van der Waals surface area (Å²) in [5.74, 6) is 1.28. The van der Waals surface area contributed by atoms with E-state index in [-0.39, 0.29) is 0 Å². The number of methoxy groups -OCH3 is 1. The van der Waals surface area contributed by atoms with Crippen LogP contribution in [0.25, 0.3) is 0 Å². The van der Waals surface area contributed by atoms with Crippen molar-refractivity contribution >= 4 is 6.29 Å². The molecule has 0 aliphatic carbocycles. The number of rotatable bonds is 5. The summed E-state index contributed by atoms with van der Waals surface area (Å²) in [5, 5.41) is 0. The lowest BCUT2D eigenvalue weighted by atomic mass is 10.2. The first-order valence-electron chi connectivity index (χ1n) is 5.49. The topological polar surface area (TPSA) is 48.4 Å². The minimum absolute atomic E-state index is 0.407. The fraction of sp³-hybridized carbons (Fsp3) is 0.143. The lowest BCUT2D eigenvalue weighted by molar-refractivity contribution is 0.112. The fourth-order valence-corrected chi connectivity index (χ4v) is 1.47. The SMILES string of the molecule is COc1cccc(COc2ccc(C=O)cn2)c1. The molecule has 1 aromatic carbocycles. The number of hydrogen-bond donors (Lipinski definition) is 0. The third kappa shape index (κ3) is 3.07. The van der Waals surface area contributed by atoms with Gasteiger partial charge in [-0.15, -0.1) is 0 Å². The van der Waals surface area contributed by atoms with Gasteiger partial charge in [0.05, 0.1) is 7.11 Å². The zero-order valence-corrected chi connectivity index (χ0v) is 10.00. The molecule has 2 rings (SSSR count). The van der Waals surface area contributed by atoms with Gasteiger partial charge < -0.3 is 9.47 Å². The molecule has 0 saturated heterocycles. The summed E-state index contributed by atoms with van der Waals surface area (Å²) < 4.78 is 10.6. The van der Waals surface area contributed by atoms with Gasteiger partial charge in [-0.25, -0.2) is 4.98 Å². The Morgan fingerprint density at radius 1 is 1.28 bits per heavy atom. The van der Waals surface area contributed by atoms with Crippen molar-refractivity contribution in [3.63, 3.8) is 0 Å². The van der Waals surface area contributed by atoms with Crippen LogP contribution in [0.5, 0.6) is 11.6 Å². The molecule has 0 saturated carbocycles. The van der Waals surface area contributed by atoms with Crippen LogP contribution in [0, 0.1) is 0 Å². The molecule has 0 spiro atoms. The second-order valence-corrected chi connectivity index (χ2v) is 3.69. The van der Waals surface area contributed by atoms with Gasteiger partial charge in [0.15, 0.2) is 6.29 Å². The molecule has 18 heavy (non-hydrogen) atoms. The molecule has 0 N–H and O–H groups in total. The Hall–Kier alpha value is -2.36. The second-order valence-electron chi connectivity index (χ2n) is 3.69. The zero-order chi connectivity index (χ0) is 12.8. The predicted octanol–water partition coefficient (Wildman–Crippen LogP) is 2.48. The third-order valence-electron chi connectivity index (χ3n) is 2.42. The lowest BCUT2D eigenvalue weighted by Gasteiger charge is -2.06. The molecule has 0 aliphatic heterocycles. The number of nitrogens with zero attached hydrogens (tertiary/aromatic N) is 1. The van der Waals surface area contributed by atoms with Crippen molar-refractivity contribution in [1.82, 2.24) is 4.98 Å². The van der Waals surface area contributed by atoms with Crippen molar-refractivity contribution in [1.29, 1.82) is 0 Å². The van der Waals surface area contributed by atoms with Crippen molar-refractivity contribution in [2.45, 2.75) is 6.61 Å². The monoisotopic (exact) mass is 243 g/mol. The largest absolute Gasteiger partial charge is 0.497 e. The van der Waals surface area contributed by atoms with Crippen LogP contribution >= 0.6 is 0 Å². The van der Waals surface area contributed by atoms with E-state index in [9.17, 15) is 4.79 Å². The Morgan fingerprint density at radius 3 is 2.83 bits per heavy atom. The van der Waals surface area contributed by atoms with Gasteiger partial charge in [0, 0.05) is 17.8 Å². The van der Waals surface area contributed by atoms with E-state index >= 15 is 0 Å². The van der Waals surface area contributed by atoms with Gasteiger partial charge in [-0.05, 0) is 23.8 Å². The van der Waals surface area contributed by atoms with Crippen molar-refractivity contribution in [3.8, 4) is 11.6 Å². The molecule has 0 amide bonds. The number of carbonyl (C=O) groups excluding carboxylic acids is 1. The van der Waals surface area contributed by atoms with Crippen LogP contribution in [-0.4, -0.2) is 18.4 Å². The smallest absolute Gasteiger partial charge is 0.213 e. The molecule has 0 atom stereocenters. The van der Waals surface area contributed by atoms with Crippen LogP contribution < -0.4 is 9.47 Å². The summed E-state index contributed by atoms with van der Waals surface area (Å²) >= 11 is 0. The van der Waals surface area contributed by atoms with Crippen LogP contribution in [0.1, 0.15) is 15.9 Å². The van der Waals surface area contributed by atoms with E-state index in [2.05, 4.69) is 4.98 Å². The summed E-state index contributed by atoms with van der Waals surface area (Å²) in [4.78, 5) is 14.5. The standard InChI is InChI=1S/C14H13NO3/c1-17-13-4-2-3-11(7-13)10-18-14-6-5-12(9-16)8-15-14/h2-9H,10H2,1H3. The molecule has 1 aromatic heterocycles. The minimum atomic E-state index is 0.407. The number of aromatic nitrogens is 1. The Morgan fingerprint density at radius 2 is 2.17 bits per heavy atom. The minimum Gasteiger partial charge on any atom is -0.497 e. The Labute approximate surface area is 105 Å². The van der Waals surface area contributed by atoms with E-state index in [4.69, 9.17) is 9.47 Å². The van der Waals surface area contributed by atoms with Crippen LogP contribution in [0.15, 0.2) is 42.6 Å². The number of carbonyl (C=O) groups is 1. The lowest BCUT2D eigenvalue weighted by Crippen LogP contribution is -1.98. The van der Waals surface area contributed by atoms with E-state index < -0.39 is 0 Å². The molecule has 4 nitrogen and oxygen atoms in total. The predicted molar refractivity (Wildman–Crippen MR) is 67.0 cm³/mol. The van der Waals surface area contributed by atoms with Gasteiger partial charge in [-0.1, -0.05) is 12.1 Å². The molecule has 0 fully saturated rings. The average molecular weight is 243 g/mol. The highest BCUT2D eigenvalue weighted by Gasteiger charge is 1.99. The number of ether oxygens (including phenoxy) is 2.